The lowest BCUT2D eigenvalue weighted by molar-refractivity contribution is -0.162. The molecule has 66 heavy (non-hydrogen) atoms. The second-order valence-electron chi connectivity index (χ2n) is 16.7. The smallest absolute Gasteiger partial charge is 0.306 e. The second-order valence-corrected chi connectivity index (χ2v) is 16.7. The zero-order chi connectivity index (χ0) is 47.7. The molecule has 0 N–H and O–H groups in total. The van der Waals surface area contributed by atoms with Gasteiger partial charge >= 0.3 is 11.9 Å². The Kier molecular flexibility index (Phi) is 51.6. The lowest BCUT2D eigenvalue weighted by Crippen LogP contribution is -2.30. The van der Waals surface area contributed by atoms with Crippen LogP contribution in [0.15, 0.2) is 146 Å². The Balaban J connectivity index is 4.47. The number of unbranched alkanes of at least 4 members (excludes halogenated alkanes) is 11. The molecule has 0 amide bonds. The quantitative estimate of drug-likeness (QED) is 0.0346. The molecule has 370 valence electrons. The standard InChI is InChI=1S/C61H96O5/c1-4-7-10-13-16-19-22-25-27-29-30-31-33-35-38-41-44-47-50-53-56-64-57-59(66-61(63)55-52-49-46-43-40-36-24-21-18-15-12-9-6-3)58-65-60(62)54-51-48-45-42-39-37-34-32-28-26-23-20-17-14-11-8-5-2/h8-9,11-12,16-21,25-28,30-31,34,36-37,40,42,45-46,49,59H,4-7,10,13-15,22-24,29,32-33,35,38-39,41,43-44,47-48,50-58H2,1-3H3/b11-8-,12-9-,19-16-,20-17-,21-18-,27-25-,28-26-,31-30-,37-34-,40-36-,45-42-,49-46-. The van der Waals surface area contributed by atoms with Crippen LogP contribution in [0.2, 0.25) is 0 Å². The topological polar surface area (TPSA) is 61.8 Å². The van der Waals surface area contributed by atoms with Crippen LogP contribution >= 0.6 is 0 Å². The third kappa shape index (κ3) is 52.4. The van der Waals surface area contributed by atoms with Crippen LogP contribution in [-0.4, -0.2) is 37.9 Å². The van der Waals surface area contributed by atoms with E-state index in [2.05, 4.69) is 161 Å². The fourth-order valence-electron chi connectivity index (χ4n) is 6.51. The average molecular weight is 909 g/mol. The second kappa shape index (κ2) is 55.1. The molecule has 0 bridgehead atoms. The Hall–Kier alpha value is -4.22. The van der Waals surface area contributed by atoms with Gasteiger partial charge in [-0.15, -0.1) is 0 Å². The van der Waals surface area contributed by atoms with E-state index in [0.29, 0.717) is 25.9 Å². The highest BCUT2D eigenvalue weighted by Gasteiger charge is 2.17. The van der Waals surface area contributed by atoms with Crippen molar-refractivity contribution < 1.29 is 23.8 Å². The van der Waals surface area contributed by atoms with Gasteiger partial charge in [-0.25, -0.2) is 0 Å². The summed E-state index contributed by atoms with van der Waals surface area (Å²) in [6.45, 7) is 7.38. The average Bonchev–Trinajstić information content (AvgIpc) is 3.32. The molecule has 0 aliphatic heterocycles. The molecule has 0 spiro atoms. The van der Waals surface area contributed by atoms with E-state index in [1.54, 1.807) is 0 Å². The van der Waals surface area contributed by atoms with Crippen LogP contribution in [0.25, 0.3) is 0 Å². The van der Waals surface area contributed by atoms with Crippen molar-refractivity contribution >= 4 is 11.9 Å². The maximum absolute atomic E-state index is 12.8. The summed E-state index contributed by atoms with van der Waals surface area (Å²) in [6, 6.07) is 0. The first-order valence-electron chi connectivity index (χ1n) is 26.4. The van der Waals surface area contributed by atoms with Crippen molar-refractivity contribution in [3.63, 3.8) is 0 Å². The van der Waals surface area contributed by atoms with Gasteiger partial charge in [0.15, 0.2) is 6.10 Å². The van der Waals surface area contributed by atoms with Crippen LogP contribution in [0.4, 0.5) is 0 Å². The largest absolute Gasteiger partial charge is 0.462 e. The van der Waals surface area contributed by atoms with Crippen molar-refractivity contribution in [2.24, 2.45) is 0 Å². The van der Waals surface area contributed by atoms with E-state index in [-0.39, 0.29) is 31.6 Å². The molecule has 0 radical (unpaired) electrons. The minimum Gasteiger partial charge on any atom is -0.462 e. The zero-order valence-electron chi connectivity index (χ0n) is 42.4. The van der Waals surface area contributed by atoms with Gasteiger partial charge in [0.05, 0.1) is 6.61 Å². The predicted molar refractivity (Wildman–Crippen MR) is 288 cm³/mol. The molecule has 0 fully saturated rings. The third-order valence-electron chi connectivity index (χ3n) is 10.4. The van der Waals surface area contributed by atoms with Gasteiger partial charge in [-0.05, 0) is 122 Å². The van der Waals surface area contributed by atoms with E-state index in [0.717, 1.165) is 96.3 Å². The van der Waals surface area contributed by atoms with Gasteiger partial charge in [0.2, 0.25) is 0 Å². The highest BCUT2D eigenvalue weighted by atomic mass is 16.6. The highest BCUT2D eigenvalue weighted by Crippen LogP contribution is 2.11. The monoisotopic (exact) mass is 909 g/mol. The van der Waals surface area contributed by atoms with E-state index < -0.39 is 6.10 Å². The number of rotatable bonds is 46. The molecule has 0 aromatic rings. The van der Waals surface area contributed by atoms with E-state index in [1.807, 2.05) is 6.08 Å². The summed E-state index contributed by atoms with van der Waals surface area (Å²) in [7, 11) is 0. The Morgan fingerprint density at radius 3 is 1.15 bits per heavy atom. The molecule has 5 heteroatoms. The number of hydrogen-bond donors (Lipinski definition) is 0. The molecular formula is C61H96O5. The van der Waals surface area contributed by atoms with Gasteiger partial charge in [-0.3, -0.25) is 9.59 Å². The molecule has 5 nitrogen and oxygen atoms in total. The molecule has 0 aliphatic carbocycles. The van der Waals surface area contributed by atoms with Crippen molar-refractivity contribution in [1.82, 2.24) is 0 Å². The van der Waals surface area contributed by atoms with Crippen molar-refractivity contribution in [2.45, 2.75) is 207 Å². The minimum absolute atomic E-state index is 0.0129. The van der Waals surface area contributed by atoms with E-state index in [1.165, 1.54) is 57.8 Å². The number of allylic oxidation sites excluding steroid dienone is 24. The van der Waals surface area contributed by atoms with E-state index in [9.17, 15) is 9.59 Å². The van der Waals surface area contributed by atoms with Crippen molar-refractivity contribution in [2.75, 3.05) is 19.8 Å². The van der Waals surface area contributed by atoms with Crippen LogP contribution in [0, 0.1) is 0 Å². The van der Waals surface area contributed by atoms with E-state index >= 15 is 0 Å². The predicted octanol–water partition coefficient (Wildman–Crippen LogP) is 18.1. The number of carbonyl (C=O) groups excluding carboxylic acids is 2. The summed E-state index contributed by atoms with van der Waals surface area (Å²) in [6.07, 6.45) is 80.2. The van der Waals surface area contributed by atoms with Gasteiger partial charge in [-0.2, -0.15) is 0 Å². The summed E-state index contributed by atoms with van der Waals surface area (Å²) >= 11 is 0. The lowest BCUT2D eigenvalue weighted by atomic mass is 10.1. The fourth-order valence-corrected chi connectivity index (χ4v) is 6.51. The molecule has 0 aromatic heterocycles. The van der Waals surface area contributed by atoms with Crippen LogP contribution in [0.5, 0.6) is 0 Å². The molecule has 0 saturated heterocycles. The summed E-state index contributed by atoms with van der Waals surface area (Å²) in [5, 5.41) is 0. The minimum atomic E-state index is -0.614. The van der Waals surface area contributed by atoms with Crippen LogP contribution < -0.4 is 0 Å². The molecule has 0 aliphatic rings. The van der Waals surface area contributed by atoms with Crippen LogP contribution in [-0.2, 0) is 23.8 Å². The summed E-state index contributed by atoms with van der Waals surface area (Å²) in [5.41, 5.74) is 0. The van der Waals surface area contributed by atoms with Gasteiger partial charge in [0, 0.05) is 19.4 Å². The van der Waals surface area contributed by atoms with Gasteiger partial charge in [0.1, 0.15) is 6.61 Å². The first-order chi connectivity index (χ1) is 32.6. The zero-order valence-corrected chi connectivity index (χ0v) is 42.4. The molecular weight excluding hydrogens is 813 g/mol. The Bertz CT molecular complexity index is 1450. The first-order valence-corrected chi connectivity index (χ1v) is 26.4. The summed E-state index contributed by atoms with van der Waals surface area (Å²) in [4.78, 5) is 25.4. The maximum Gasteiger partial charge on any atom is 0.306 e. The molecule has 1 unspecified atom stereocenters. The highest BCUT2D eigenvalue weighted by molar-refractivity contribution is 5.70. The van der Waals surface area contributed by atoms with Crippen molar-refractivity contribution in [3.8, 4) is 0 Å². The Labute approximate surface area is 406 Å². The third-order valence-corrected chi connectivity index (χ3v) is 10.4. The van der Waals surface area contributed by atoms with Gasteiger partial charge in [-0.1, -0.05) is 212 Å². The number of esters is 2. The van der Waals surface area contributed by atoms with Gasteiger partial charge < -0.3 is 14.2 Å². The Morgan fingerprint density at radius 2 is 0.712 bits per heavy atom. The number of hydrogen-bond acceptors (Lipinski definition) is 5. The molecule has 1 atom stereocenters. The molecule has 0 heterocycles. The van der Waals surface area contributed by atoms with Crippen LogP contribution in [0.1, 0.15) is 201 Å². The molecule has 0 saturated carbocycles. The van der Waals surface area contributed by atoms with Crippen molar-refractivity contribution in [3.05, 3.63) is 146 Å². The van der Waals surface area contributed by atoms with Crippen LogP contribution in [0.3, 0.4) is 0 Å². The summed E-state index contributed by atoms with van der Waals surface area (Å²) in [5.74, 6) is -0.576. The van der Waals surface area contributed by atoms with E-state index in [4.69, 9.17) is 14.2 Å². The first kappa shape index (κ1) is 61.8. The van der Waals surface area contributed by atoms with Gasteiger partial charge in [0.25, 0.3) is 0 Å². The van der Waals surface area contributed by atoms with Crippen molar-refractivity contribution in [1.29, 1.82) is 0 Å². The Morgan fingerprint density at radius 1 is 0.348 bits per heavy atom. The normalized spacial score (nSPS) is 13.4. The maximum atomic E-state index is 12.8. The number of carbonyl (C=O) groups is 2. The fraction of sp³-hybridized carbons (Fsp3) is 0.574. The molecule has 0 aromatic carbocycles. The summed E-state index contributed by atoms with van der Waals surface area (Å²) < 4.78 is 17.3. The lowest BCUT2D eigenvalue weighted by Gasteiger charge is -2.18. The SMILES string of the molecule is CC/C=C\C/C=C\C/C=C\C/C=C\C/C=C\CCCC(=O)OCC(COCCCCCCCCC/C=C\C/C=C\C/C=C\CCCCC)OC(=O)CC/C=C\C/C=C\C/C=C\C/C=C\CC. The number of ether oxygens (including phenoxy) is 3. The molecule has 0 rings (SSSR count).